The molecule has 5 aliphatic rings. The number of carbonyl (C=O) groups is 1. The first kappa shape index (κ1) is 41.6. The third-order valence-electron chi connectivity index (χ3n) is 14.8. The largest absolute Gasteiger partial charge is 0.508 e. The predicted molar refractivity (Wildman–Crippen MR) is 240 cm³/mol. The molecule has 10 rings (SSSR count). The van der Waals surface area contributed by atoms with Gasteiger partial charge in [0.25, 0.3) is 0 Å². The zero-order chi connectivity index (χ0) is 43.2. The van der Waals surface area contributed by atoms with Crippen LogP contribution >= 0.6 is 0 Å². The van der Waals surface area contributed by atoms with E-state index in [9.17, 15) is 14.3 Å². The van der Waals surface area contributed by atoms with Crippen LogP contribution in [0.4, 0.5) is 14.6 Å². The predicted octanol–water partition coefficient (Wildman–Crippen LogP) is 7.24. The number of pyridine rings is 1. The summed E-state index contributed by atoms with van der Waals surface area (Å²) in [5, 5.41) is 11.9. The molecule has 1 aliphatic carbocycles. The van der Waals surface area contributed by atoms with Crippen molar-refractivity contribution in [3.05, 3.63) is 82.5 Å². The fraction of sp³-hybridized carbons (Fsp3) is 0.480. The van der Waals surface area contributed by atoms with Crippen LogP contribution in [-0.2, 0) is 24.4 Å². The van der Waals surface area contributed by atoms with Crippen LogP contribution in [0.1, 0.15) is 73.6 Å². The summed E-state index contributed by atoms with van der Waals surface area (Å²) in [7, 11) is 0. The Bertz CT molecular complexity index is 2580. The van der Waals surface area contributed by atoms with Crippen LogP contribution in [0.15, 0.2) is 48.7 Å². The van der Waals surface area contributed by atoms with Crippen molar-refractivity contribution < 1.29 is 23.4 Å². The number of halogens is 2. The molecule has 0 bridgehead atoms. The van der Waals surface area contributed by atoms with E-state index in [2.05, 4.69) is 43.8 Å². The summed E-state index contributed by atoms with van der Waals surface area (Å²) in [5.41, 5.74) is 10.1. The van der Waals surface area contributed by atoms with Crippen LogP contribution in [0.5, 0.6) is 11.8 Å². The SMILES string of the molecule is C#Cc1c(F)ccc2cc(O)cc(-c3ncc4c(N5CCCC(CN)C5)nc(OCC5(CN6CCC(C7CCN(Cc8ccc9c(c8)CN(C=O)C9)CC7)CC6)CC5)nc4c3F)c12. The first-order valence-electron chi connectivity index (χ1n) is 22.8. The summed E-state index contributed by atoms with van der Waals surface area (Å²) in [6.45, 7) is 10.2. The van der Waals surface area contributed by atoms with E-state index in [0.717, 1.165) is 103 Å². The van der Waals surface area contributed by atoms with Gasteiger partial charge in [0.05, 0.1) is 17.6 Å². The number of terminal acetylenes is 1. The minimum absolute atomic E-state index is 0.00631. The van der Waals surface area contributed by atoms with Crippen LogP contribution in [0, 0.1) is 47.1 Å². The van der Waals surface area contributed by atoms with Gasteiger partial charge in [-0.2, -0.15) is 9.97 Å². The molecule has 1 unspecified atom stereocenters. The topological polar surface area (TPSA) is 124 Å². The lowest BCUT2D eigenvalue weighted by Gasteiger charge is -2.41. The Balaban J connectivity index is 0.813. The average molecular weight is 855 g/mol. The minimum Gasteiger partial charge on any atom is -0.508 e. The number of hydrogen-bond donors (Lipinski definition) is 2. The number of phenols is 1. The van der Waals surface area contributed by atoms with E-state index in [-0.39, 0.29) is 50.8 Å². The average Bonchev–Trinajstić information content (AvgIpc) is 3.95. The molecule has 3 saturated heterocycles. The molecule has 0 radical (unpaired) electrons. The molecule has 63 heavy (non-hydrogen) atoms. The van der Waals surface area contributed by atoms with Crippen molar-refractivity contribution in [1.29, 1.82) is 0 Å². The highest BCUT2D eigenvalue weighted by atomic mass is 19.1. The van der Waals surface area contributed by atoms with Crippen molar-refractivity contribution in [2.24, 2.45) is 28.9 Å². The van der Waals surface area contributed by atoms with Gasteiger partial charge < -0.3 is 30.3 Å². The van der Waals surface area contributed by atoms with Crippen molar-refractivity contribution in [1.82, 2.24) is 29.7 Å². The Morgan fingerprint density at radius 3 is 2.43 bits per heavy atom. The summed E-state index contributed by atoms with van der Waals surface area (Å²) in [5.74, 6) is 3.28. The molecule has 4 aliphatic heterocycles. The van der Waals surface area contributed by atoms with E-state index in [1.165, 1.54) is 66.6 Å². The molecule has 3 N–H and O–H groups in total. The summed E-state index contributed by atoms with van der Waals surface area (Å²) in [4.78, 5) is 34.6. The molecule has 5 aromatic rings. The number of ether oxygens (including phenoxy) is 1. The highest BCUT2D eigenvalue weighted by Crippen LogP contribution is 2.48. The molecule has 1 saturated carbocycles. The molecule has 328 valence electrons. The number of carbonyl (C=O) groups excluding carboxylic acids is 1. The number of aromatic nitrogens is 3. The number of anilines is 1. The van der Waals surface area contributed by atoms with Gasteiger partial charge in [-0.1, -0.05) is 30.2 Å². The first-order valence-corrected chi connectivity index (χ1v) is 22.8. The van der Waals surface area contributed by atoms with Gasteiger partial charge in [-0.3, -0.25) is 14.7 Å². The van der Waals surface area contributed by atoms with Crippen molar-refractivity contribution in [2.75, 3.05) is 63.9 Å². The standard InChI is InChI=1S/C50H56F2N8O3/c1-2-40-43(51)8-7-36-21-39(62)22-41(44(36)40)46-45(52)47-42(24-54-46)48(60-15-3-4-33(23-53)26-60)56-49(55-47)63-30-50(13-14-50)29-58-18-11-35(12-19-58)34-9-16-57(17-10-34)25-32-5-6-37-27-59(31-61)28-38(37)20-32/h1,5-8,20-22,24,31,33-35,62H,3-4,9-19,23,25-30,53H2. The number of piperidine rings is 3. The third-order valence-corrected chi connectivity index (χ3v) is 14.8. The number of amides is 1. The number of phenolic OH excluding ortho intramolecular Hbond substituents is 1. The quantitative estimate of drug-likeness (QED) is 0.0981. The van der Waals surface area contributed by atoms with Crippen LogP contribution in [0.3, 0.4) is 0 Å². The van der Waals surface area contributed by atoms with Crippen LogP contribution < -0.4 is 15.4 Å². The Morgan fingerprint density at radius 1 is 0.937 bits per heavy atom. The highest BCUT2D eigenvalue weighted by molar-refractivity contribution is 6.03. The molecule has 11 nitrogen and oxygen atoms in total. The number of aromatic hydroxyl groups is 1. The van der Waals surface area contributed by atoms with E-state index in [0.29, 0.717) is 36.3 Å². The first-order chi connectivity index (χ1) is 30.7. The fourth-order valence-electron chi connectivity index (χ4n) is 11.0. The molecular weight excluding hydrogens is 799 g/mol. The normalized spacial score (nSPS) is 20.9. The van der Waals surface area contributed by atoms with E-state index < -0.39 is 11.6 Å². The number of likely N-dealkylation sites (tertiary alicyclic amines) is 2. The van der Waals surface area contributed by atoms with Gasteiger partial charge in [-0.05, 0) is 142 Å². The lowest BCUT2D eigenvalue weighted by molar-refractivity contribution is -0.118. The summed E-state index contributed by atoms with van der Waals surface area (Å²) < 4.78 is 38.5. The molecule has 4 fully saturated rings. The lowest BCUT2D eigenvalue weighted by Crippen LogP contribution is -2.43. The Hall–Kier alpha value is -5.42. The molecule has 2 aromatic heterocycles. The molecule has 13 heteroatoms. The van der Waals surface area contributed by atoms with E-state index in [4.69, 9.17) is 26.9 Å². The van der Waals surface area contributed by atoms with Crippen LogP contribution in [0.2, 0.25) is 0 Å². The number of nitrogens with two attached hydrogens (primary N) is 1. The van der Waals surface area contributed by atoms with Gasteiger partial charge in [0.2, 0.25) is 6.41 Å². The zero-order valence-corrected chi connectivity index (χ0v) is 35.9. The van der Waals surface area contributed by atoms with Crippen LogP contribution in [-0.4, -0.2) is 100 Å². The molecule has 0 spiro atoms. The van der Waals surface area contributed by atoms with Crippen LogP contribution in [0.25, 0.3) is 32.9 Å². The maximum Gasteiger partial charge on any atom is 0.319 e. The lowest BCUT2D eigenvalue weighted by atomic mass is 9.78. The second-order valence-corrected chi connectivity index (χ2v) is 19.0. The Labute approximate surface area is 367 Å². The van der Waals surface area contributed by atoms with Crippen molar-refractivity contribution in [3.63, 3.8) is 0 Å². The van der Waals surface area contributed by atoms with Crippen molar-refractivity contribution in [2.45, 2.75) is 71.0 Å². The molecule has 6 heterocycles. The van der Waals surface area contributed by atoms with E-state index >= 15 is 4.39 Å². The number of hydrogen-bond acceptors (Lipinski definition) is 10. The van der Waals surface area contributed by atoms with Gasteiger partial charge >= 0.3 is 6.01 Å². The Morgan fingerprint density at radius 2 is 1.70 bits per heavy atom. The van der Waals surface area contributed by atoms with Crippen molar-refractivity contribution in [3.8, 4) is 35.4 Å². The van der Waals surface area contributed by atoms with Gasteiger partial charge in [0.15, 0.2) is 5.82 Å². The number of nitrogens with zero attached hydrogens (tertiary/aromatic N) is 7. The monoisotopic (exact) mass is 854 g/mol. The molecule has 1 atom stereocenters. The van der Waals surface area contributed by atoms with E-state index in [1.807, 2.05) is 4.90 Å². The number of benzene rings is 3. The van der Waals surface area contributed by atoms with Gasteiger partial charge in [-0.15, -0.1) is 6.42 Å². The smallest absolute Gasteiger partial charge is 0.319 e. The Kier molecular flexibility index (Phi) is 11.4. The second-order valence-electron chi connectivity index (χ2n) is 19.0. The second kappa shape index (κ2) is 17.3. The number of rotatable bonds is 12. The van der Waals surface area contributed by atoms with Gasteiger partial charge in [0.1, 0.15) is 28.6 Å². The zero-order valence-electron chi connectivity index (χ0n) is 35.9. The minimum atomic E-state index is -0.727. The summed E-state index contributed by atoms with van der Waals surface area (Å²) in [6, 6.07) is 12.4. The molecular formula is C50H56F2N8O3. The number of fused-ring (bicyclic) bond motifs is 3. The van der Waals surface area contributed by atoms with Crippen molar-refractivity contribution >= 4 is 33.9 Å². The van der Waals surface area contributed by atoms with E-state index in [1.54, 1.807) is 6.20 Å². The van der Waals surface area contributed by atoms with Gasteiger partial charge in [0, 0.05) is 61.8 Å². The maximum atomic E-state index is 17.1. The highest BCUT2D eigenvalue weighted by Gasteiger charge is 2.46. The fourth-order valence-corrected chi connectivity index (χ4v) is 11.0. The summed E-state index contributed by atoms with van der Waals surface area (Å²) in [6.07, 6.45) is 17.2. The maximum absolute atomic E-state index is 17.1. The molecule has 3 aromatic carbocycles. The van der Waals surface area contributed by atoms with Gasteiger partial charge in [-0.25, -0.2) is 8.78 Å². The molecule has 1 amide bonds. The third kappa shape index (κ3) is 8.41. The summed E-state index contributed by atoms with van der Waals surface area (Å²) >= 11 is 0.